The summed E-state index contributed by atoms with van der Waals surface area (Å²) in [4.78, 5) is 0. The maximum absolute atomic E-state index is 9.51. The van der Waals surface area contributed by atoms with E-state index in [1.165, 1.54) is 5.56 Å². The standard InChI is InChI=1S/C10H13NO/c11-6-7-1-3-9-8(5-7)2-4-10(9)12/h1,3,5,10,12H,2,4,6,11H2/t10-/m1/s1. The average molecular weight is 163 g/mol. The smallest absolute Gasteiger partial charge is 0.0795 e. The Kier molecular flexibility index (Phi) is 1.87. The topological polar surface area (TPSA) is 46.2 Å². The molecule has 1 aliphatic carbocycles. The van der Waals surface area contributed by atoms with Gasteiger partial charge in [0.1, 0.15) is 0 Å². The highest BCUT2D eigenvalue weighted by atomic mass is 16.3. The molecule has 0 amide bonds. The molecule has 2 nitrogen and oxygen atoms in total. The number of aliphatic hydroxyl groups excluding tert-OH is 1. The first kappa shape index (κ1) is 7.77. The van der Waals surface area contributed by atoms with E-state index < -0.39 is 0 Å². The van der Waals surface area contributed by atoms with Gasteiger partial charge in [0, 0.05) is 6.54 Å². The van der Waals surface area contributed by atoms with E-state index in [1.54, 1.807) is 0 Å². The van der Waals surface area contributed by atoms with Crippen molar-refractivity contribution in [3.05, 3.63) is 34.9 Å². The third-order valence-electron chi connectivity index (χ3n) is 2.49. The van der Waals surface area contributed by atoms with Gasteiger partial charge in [-0.05, 0) is 29.5 Å². The third-order valence-corrected chi connectivity index (χ3v) is 2.49. The fraction of sp³-hybridized carbons (Fsp3) is 0.400. The summed E-state index contributed by atoms with van der Waals surface area (Å²) in [5.41, 5.74) is 9.03. The van der Waals surface area contributed by atoms with Gasteiger partial charge in [0.25, 0.3) is 0 Å². The quantitative estimate of drug-likeness (QED) is 0.651. The van der Waals surface area contributed by atoms with Gasteiger partial charge in [0.2, 0.25) is 0 Å². The zero-order valence-corrected chi connectivity index (χ0v) is 6.96. The van der Waals surface area contributed by atoms with Gasteiger partial charge in [0.15, 0.2) is 0 Å². The van der Waals surface area contributed by atoms with Gasteiger partial charge in [-0.1, -0.05) is 18.2 Å². The Bertz CT molecular complexity index is 296. The molecule has 0 bridgehead atoms. The molecular weight excluding hydrogens is 150 g/mol. The van der Waals surface area contributed by atoms with E-state index in [4.69, 9.17) is 5.73 Å². The number of fused-ring (bicyclic) bond motifs is 1. The molecule has 2 heteroatoms. The van der Waals surface area contributed by atoms with Crippen molar-refractivity contribution in [1.82, 2.24) is 0 Å². The van der Waals surface area contributed by atoms with Crippen LogP contribution >= 0.6 is 0 Å². The molecule has 1 aliphatic rings. The Hall–Kier alpha value is -0.860. The maximum atomic E-state index is 9.51. The lowest BCUT2D eigenvalue weighted by atomic mass is 10.1. The van der Waals surface area contributed by atoms with Crippen molar-refractivity contribution in [2.45, 2.75) is 25.5 Å². The highest BCUT2D eigenvalue weighted by Crippen LogP contribution is 2.31. The molecule has 0 unspecified atom stereocenters. The third kappa shape index (κ3) is 1.13. The Labute approximate surface area is 72.0 Å². The molecule has 3 N–H and O–H groups in total. The number of aryl methyl sites for hydroxylation is 1. The summed E-state index contributed by atoms with van der Waals surface area (Å²) in [6.07, 6.45) is 1.61. The number of benzene rings is 1. The summed E-state index contributed by atoms with van der Waals surface area (Å²) >= 11 is 0. The number of rotatable bonds is 1. The van der Waals surface area contributed by atoms with Crippen molar-refractivity contribution >= 4 is 0 Å². The fourth-order valence-electron chi connectivity index (χ4n) is 1.78. The average Bonchev–Trinajstić information content (AvgIpc) is 2.47. The molecule has 0 fully saturated rings. The second-order valence-corrected chi connectivity index (χ2v) is 3.29. The first-order chi connectivity index (χ1) is 5.81. The SMILES string of the molecule is NCc1ccc2c(c1)CC[C@H]2O. The second-order valence-electron chi connectivity index (χ2n) is 3.29. The molecule has 0 spiro atoms. The van der Waals surface area contributed by atoms with Gasteiger partial charge in [-0.25, -0.2) is 0 Å². The second kappa shape index (κ2) is 2.88. The monoisotopic (exact) mass is 163 g/mol. The fourth-order valence-corrected chi connectivity index (χ4v) is 1.78. The summed E-state index contributed by atoms with van der Waals surface area (Å²) in [7, 11) is 0. The van der Waals surface area contributed by atoms with Crippen LogP contribution in [0.15, 0.2) is 18.2 Å². The molecule has 2 rings (SSSR count). The van der Waals surface area contributed by atoms with Crippen LogP contribution in [-0.2, 0) is 13.0 Å². The van der Waals surface area contributed by atoms with E-state index in [2.05, 4.69) is 6.07 Å². The van der Waals surface area contributed by atoms with E-state index in [1.807, 2.05) is 12.1 Å². The molecule has 0 heterocycles. The van der Waals surface area contributed by atoms with Gasteiger partial charge in [-0.15, -0.1) is 0 Å². The Morgan fingerprint density at radius 1 is 1.50 bits per heavy atom. The Morgan fingerprint density at radius 2 is 2.33 bits per heavy atom. The van der Waals surface area contributed by atoms with E-state index in [0.29, 0.717) is 6.54 Å². The lowest BCUT2D eigenvalue weighted by molar-refractivity contribution is 0.180. The normalized spacial score (nSPS) is 21.0. The highest BCUT2D eigenvalue weighted by molar-refractivity contribution is 5.36. The Morgan fingerprint density at radius 3 is 3.08 bits per heavy atom. The Balaban J connectivity index is 2.41. The van der Waals surface area contributed by atoms with Crippen LogP contribution in [0.1, 0.15) is 29.2 Å². The summed E-state index contributed by atoms with van der Waals surface area (Å²) in [6.45, 7) is 0.587. The highest BCUT2D eigenvalue weighted by Gasteiger charge is 2.19. The van der Waals surface area contributed by atoms with E-state index >= 15 is 0 Å². The molecule has 0 saturated heterocycles. The molecule has 0 radical (unpaired) electrons. The maximum Gasteiger partial charge on any atom is 0.0795 e. The van der Waals surface area contributed by atoms with Gasteiger partial charge >= 0.3 is 0 Å². The molecule has 1 aromatic carbocycles. The van der Waals surface area contributed by atoms with Gasteiger partial charge in [-0.2, -0.15) is 0 Å². The van der Waals surface area contributed by atoms with Crippen LogP contribution in [-0.4, -0.2) is 5.11 Å². The summed E-state index contributed by atoms with van der Waals surface area (Å²) in [5.74, 6) is 0. The van der Waals surface area contributed by atoms with E-state index in [9.17, 15) is 5.11 Å². The molecule has 1 atom stereocenters. The predicted molar refractivity (Wildman–Crippen MR) is 47.6 cm³/mol. The van der Waals surface area contributed by atoms with Crippen LogP contribution in [0.25, 0.3) is 0 Å². The number of aliphatic hydroxyl groups is 1. The predicted octanol–water partition coefficient (Wildman–Crippen LogP) is 1.12. The minimum atomic E-state index is -0.244. The van der Waals surface area contributed by atoms with Gasteiger partial charge in [-0.3, -0.25) is 0 Å². The zero-order valence-electron chi connectivity index (χ0n) is 6.96. The molecule has 0 saturated carbocycles. The van der Waals surface area contributed by atoms with Crippen LogP contribution in [0, 0.1) is 0 Å². The van der Waals surface area contributed by atoms with Crippen molar-refractivity contribution in [1.29, 1.82) is 0 Å². The number of hydrogen-bond acceptors (Lipinski definition) is 2. The van der Waals surface area contributed by atoms with Crippen LogP contribution in [0.3, 0.4) is 0 Å². The first-order valence-corrected chi connectivity index (χ1v) is 4.31. The van der Waals surface area contributed by atoms with Gasteiger partial charge < -0.3 is 10.8 Å². The summed E-state index contributed by atoms with van der Waals surface area (Å²) < 4.78 is 0. The summed E-state index contributed by atoms with van der Waals surface area (Å²) in [5, 5.41) is 9.51. The molecule has 64 valence electrons. The largest absolute Gasteiger partial charge is 0.388 e. The van der Waals surface area contributed by atoms with Crippen LogP contribution in [0.4, 0.5) is 0 Å². The minimum Gasteiger partial charge on any atom is -0.388 e. The molecule has 0 aromatic heterocycles. The molecule has 0 aliphatic heterocycles. The first-order valence-electron chi connectivity index (χ1n) is 4.31. The van der Waals surface area contributed by atoms with Crippen LogP contribution in [0.2, 0.25) is 0 Å². The molecular formula is C10H13NO. The van der Waals surface area contributed by atoms with Crippen molar-refractivity contribution in [2.75, 3.05) is 0 Å². The molecule has 12 heavy (non-hydrogen) atoms. The van der Waals surface area contributed by atoms with Gasteiger partial charge in [0.05, 0.1) is 6.10 Å². The summed E-state index contributed by atoms with van der Waals surface area (Å²) in [6, 6.07) is 6.09. The van der Waals surface area contributed by atoms with Crippen LogP contribution < -0.4 is 5.73 Å². The van der Waals surface area contributed by atoms with E-state index in [0.717, 1.165) is 24.0 Å². The number of hydrogen-bond donors (Lipinski definition) is 2. The lowest BCUT2D eigenvalue weighted by Gasteiger charge is -2.04. The van der Waals surface area contributed by atoms with Crippen molar-refractivity contribution in [2.24, 2.45) is 5.73 Å². The van der Waals surface area contributed by atoms with E-state index in [-0.39, 0.29) is 6.10 Å². The van der Waals surface area contributed by atoms with Crippen molar-refractivity contribution in [3.63, 3.8) is 0 Å². The van der Waals surface area contributed by atoms with Crippen molar-refractivity contribution in [3.8, 4) is 0 Å². The molecule has 1 aromatic rings. The number of nitrogens with two attached hydrogens (primary N) is 1. The van der Waals surface area contributed by atoms with Crippen molar-refractivity contribution < 1.29 is 5.11 Å². The minimum absolute atomic E-state index is 0.244. The van der Waals surface area contributed by atoms with Crippen LogP contribution in [0.5, 0.6) is 0 Å². The lowest BCUT2D eigenvalue weighted by Crippen LogP contribution is -1.97. The zero-order chi connectivity index (χ0) is 8.55.